The van der Waals surface area contributed by atoms with Gasteiger partial charge < -0.3 is 29.7 Å². The zero-order valence-electron chi connectivity index (χ0n) is 32.5. The Labute approximate surface area is 354 Å². The summed E-state index contributed by atoms with van der Waals surface area (Å²) in [4.78, 5) is 57.1. The van der Waals surface area contributed by atoms with Crippen molar-refractivity contribution in [3.8, 4) is 11.5 Å². The summed E-state index contributed by atoms with van der Waals surface area (Å²) in [5.74, 6) is 0.273. The number of anilines is 1. The molecule has 13 nitrogen and oxygen atoms in total. The molecule has 0 saturated carbocycles. The normalized spacial score (nSPS) is 17.9. The summed E-state index contributed by atoms with van der Waals surface area (Å²) in [6.45, 7) is 2.79. The standard InChI is InChI=1S/C44H41ClFN7O6S/c1-58-43(56)38-37(48-40(41-47-17-22-60-41)49-39(38)35-16-9-30(46)23-36(35)45)27-50-18-19-52-32(25-50)26-53(44(52)57)31-10-14-34(15-11-31)59-33-12-7-29(8-13-33)42(55)51(20-21-54)24-28-5-3-2-4-6-28/h2-17,22-23,32,39,54H,18-21,24-27H2,1H3,(H,48,49). The number of aromatic nitrogens is 1. The molecule has 3 amide bonds. The van der Waals surface area contributed by atoms with Gasteiger partial charge in [0.25, 0.3) is 5.91 Å². The average Bonchev–Trinajstić information content (AvgIpc) is 3.92. The van der Waals surface area contributed by atoms with Crippen molar-refractivity contribution in [1.82, 2.24) is 25.0 Å². The second-order valence-corrected chi connectivity index (χ2v) is 15.7. The third-order valence-electron chi connectivity index (χ3n) is 10.6. The van der Waals surface area contributed by atoms with Gasteiger partial charge in [0.15, 0.2) is 10.8 Å². The maximum absolute atomic E-state index is 14.1. The summed E-state index contributed by atoms with van der Waals surface area (Å²) in [6.07, 6.45) is 1.66. The molecule has 2 saturated heterocycles. The smallest absolute Gasteiger partial charge is 0.338 e. The van der Waals surface area contributed by atoms with Crippen molar-refractivity contribution < 1.29 is 33.4 Å². The number of halogens is 2. The van der Waals surface area contributed by atoms with E-state index in [-0.39, 0.29) is 41.7 Å². The van der Waals surface area contributed by atoms with Crippen LogP contribution in [0.5, 0.6) is 11.5 Å². The van der Waals surface area contributed by atoms with Crippen molar-refractivity contribution in [3.05, 3.63) is 152 Å². The molecule has 0 bridgehead atoms. The third-order valence-corrected chi connectivity index (χ3v) is 11.7. The van der Waals surface area contributed by atoms with Crippen molar-refractivity contribution in [1.29, 1.82) is 0 Å². The first kappa shape index (κ1) is 40.6. The highest BCUT2D eigenvalue weighted by Crippen LogP contribution is 2.37. The number of esters is 1. The summed E-state index contributed by atoms with van der Waals surface area (Å²) in [5.41, 5.74) is 3.45. The van der Waals surface area contributed by atoms with E-state index in [2.05, 4.69) is 15.2 Å². The lowest BCUT2D eigenvalue weighted by atomic mass is 9.95. The summed E-state index contributed by atoms with van der Waals surface area (Å²) in [6, 6.07) is 26.7. The number of nitrogens with zero attached hydrogens (tertiary/aromatic N) is 6. The molecule has 3 aliphatic rings. The minimum atomic E-state index is -0.875. The van der Waals surface area contributed by atoms with Gasteiger partial charge in [-0.3, -0.25) is 19.6 Å². The van der Waals surface area contributed by atoms with Crippen LogP contribution in [0, 0.1) is 5.82 Å². The Hall–Kier alpha value is -6.13. The number of piperazine rings is 1. The molecule has 0 radical (unpaired) electrons. The van der Waals surface area contributed by atoms with E-state index in [1.807, 2.05) is 52.7 Å². The lowest BCUT2D eigenvalue weighted by Crippen LogP contribution is -2.53. The van der Waals surface area contributed by atoms with Crippen LogP contribution >= 0.6 is 22.9 Å². The summed E-state index contributed by atoms with van der Waals surface area (Å²) < 4.78 is 25.4. The van der Waals surface area contributed by atoms with Crippen LogP contribution in [0.2, 0.25) is 5.02 Å². The Balaban J connectivity index is 0.930. The number of hydrogen-bond acceptors (Lipinski definition) is 11. The van der Waals surface area contributed by atoms with Gasteiger partial charge in [-0.05, 0) is 66.2 Å². The number of carbonyl (C=O) groups excluding carboxylic acids is 3. The van der Waals surface area contributed by atoms with Crippen LogP contribution in [0.25, 0.3) is 0 Å². The van der Waals surface area contributed by atoms with Crippen molar-refractivity contribution in [2.24, 2.45) is 4.99 Å². The van der Waals surface area contributed by atoms with Gasteiger partial charge in [0, 0.05) is 84.9 Å². The van der Waals surface area contributed by atoms with E-state index in [0.29, 0.717) is 78.4 Å². The van der Waals surface area contributed by atoms with Gasteiger partial charge in [0.05, 0.1) is 25.3 Å². The molecule has 5 aromatic rings. The molecule has 2 N–H and O–H groups in total. The molecule has 2 atom stereocenters. The second kappa shape index (κ2) is 18.0. The van der Waals surface area contributed by atoms with Crippen LogP contribution in [0.1, 0.15) is 32.5 Å². The fourth-order valence-electron chi connectivity index (χ4n) is 7.68. The average molecular weight is 850 g/mol. The molecule has 0 aliphatic carbocycles. The predicted molar refractivity (Wildman–Crippen MR) is 226 cm³/mol. The fraction of sp³-hybridized carbons (Fsp3) is 0.250. The number of hydrogen-bond donors (Lipinski definition) is 2. The van der Waals surface area contributed by atoms with Crippen molar-refractivity contribution in [3.63, 3.8) is 0 Å². The van der Waals surface area contributed by atoms with Gasteiger partial charge in [-0.15, -0.1) is 11.3 Å². The number of carbonyl (C=O) groups is 3. The molecule has 4 aromatic carbocycles. The minimum absolute atomic E-state index is 0.0921. The van der Waals surface area contributed by atoms with E-state index in [4.69, 9.17) is 26.1 Å². The first-order valence-electron chi connectivity index (χ1n) is 19.3. The number of ether oxygens (including phenoxy) is 2. The van der Waals surface area contributed by atoms with E-state index < -0.39 is 17.8 Å². The number of amidine groups is 1. The quantitative estimate of drug-likeness (QED) is 0.127. The van der Waals surface area contributed by atoms with E-state index in [0.717, 1.165) is 11.3 Å². The van der Waals surface area contributed by atoms with Gasteiger partial charge in [0.2, 0.25) is 0 Å². The van der Waals surface area contributed by atoms with Crippen molar-refractivity contribution >= 4 is 52.4 Å². The molecule has 3 aliphatic heterocycles. The molecule has 16 heteroatoms. The minimum Gasteiger partial charge on any atom is -0.466 e. The Bertz CT molecular complexity index is 2420. The van der Waals surface area contributed by atoms with Gasteiger partial charge in [-0.2, -0.15) is 0 Å². The van der Waals surface area contributed by atoms with E-state index >= 15 is 0 Å². The highest BCUT2D eigenvalue weighted by atomic mass is 35.5. The van der Waals surface area contributed by atoms with Gasteiger partial charge in [-0.25, -0.2) is 19.0 Å². The lowest BCUT2D eigenvalue weighted by molar-refractivity contribution is -0.136. The predicted octanol–water partition coefficient (Wildman–Crippen LogP) is 6.51. The maximum atomic E-state index is 14.1. The number of aliphatic hydroxyl groups excluding tert-OH is 1. The molecule has 2 unspecified atom stereocenters. The number of methoxy groups -OCH3 is 1. The van der Waals surface area contributed by atoms with Gasteiger partial charge in [0.1, 0.15) is 23.4 Å². The fourth-order valence-corrected chi connectivity index (χ4v) is 8.54. The molecule has 1 aromatic heterocycles. The van der Waals surface area contributed by atoms with Crippen LogP contribution in [0.4, 0.5) is 14.9 Å². The summed E-state index contributed by atoms with van der Waals surface area (Å²) in [7, 11) is 1.30. The molecule has 2 fully saturated rings. The Kier molecular flexibility index (Phi) is 12.2. The monoisotopic (exact) mass is 849 g/mol. The van der Waals surface area contributed by atoms with Crippen LogP contribution in [-0.4, -0.2) is 108 Å². The number of benzene rings is 4. The zero-order chi connectivity index (χ0) is 41.8. The van der Waals surface area contributed by atoms with Gasteiger partial charge >= 0.3 is 12.0 Å². The molecule has 8 rings (SSSR count). The number of aliphatic hydroxyl groups is 1. The number of nitrogens with one attached hydrogen (secondary N) is 1. The highest BCUT2D eigenvalue weighted by molar-refractivity contribution is 7.11. The number of amides is 3. The Morgan fingerprint density at radius 3 is 2.43 bits per heavy atom. The Morgan fingerprint density at radius 2 is 1.75 bits per heavy atom. The first-order chi connectivity index (χ1) is 29.2. The van der Waals surface area contributed by atoms with Crippen LogP contribution in [0.15, 0.2) is 125 Å². The van der Waals surface area contributed by atoms with Crippen LogP contribution < -0.4 is 15.0 Å². The van der Waals surface area contributed by atoms with Crippen molar-refractivity contribution in [2.45, 2.75) is 18.6 Å². The topological polar surface area (TPSA) is 140 Å². The van der Waals surface area contributed by atoms with Gasteiger partial charge in [-0.1, -0.05) is 48.0 Å². The second-order valence-electron chi connectivity index (χ2n) is 14.4. The van der Waals surface area contributed by atoms with E-state index in [1.54, 1.807) is 52.4 Å². The molecule has 0 spiro atoms. The zero-order valence-corrected chi connectivity index (χ0v) is 34.1. The van der Waals surface area contributed by atoms with Crippen molar-refractivity contribution in [2.75, 3.05) is 57.9 Å². The molecule has 4 heterocycles. The maximum Gasteiger partial charge on any atom is 0.338 e. The molecule has 308 valence electrons. The molecular weight excluding hydrogens is 809 g/mol. The van der Waals surface area contributed by atoms with Crippen LogP contribution in [-0.2, 0) is 16.1 Å². The third kappa shape index (κ3) is 8.75. The first-order valence-corrected chi connectivity index (χ1v) is 20.6. The van der Waals surface area contributed by atoms with E-state index in [9.17, 15) is 23.9 Å². The SMILES string of the molecule is COC(=O)C1=C(CN2CCN3C(=O)N(c4ccc(Oc5ccc(C(=O)N(CCO)Cc6ccccc6)cc5)cc4)CC3C2)NC(c2nccs2)=NC1c1ccc(F)cc1Cl. The molecule has 60 heavy (non-hydrogen) atoms. The summed E-state index contributed by atoms with van der Waals surface area (Å²) in [5, 5.41) is 15.5. The number of thiazole rings is 1. The lowest BCUT2D eigenvalue weighted by Gasteiger charge is -2.38. The summed E-state index contributed by atoms with van der Waals surface area (Å²) >= 11 is 7.91. The number of aliphatic imine (C=N–C) groups is 1. The number of fused-ring (bicyclic) bond motifs is 1. The van der Waals surface area contributed by atoms with Crippen LogP contribution in [0.3, 0.4) is 0 Å². The van der Waals surface area contributed by atoms with E-state index in [1.165, 1.54) is 36.6 Å². The number of rotatable bonds is 13. The number of urea groups is 1. The highest BCUT2D eigenvalue weighted by Gasteiger charge is 2.42. The molecular formula is C44H41ClFN7O6S. The Morgan fingerprint density at radius 1 is 1.00 bits per heavy atom. The largest absolute Gasteiger partial charge is 0.466 e.